The molecule has 1 fully saturated rings. The van der Waals surface area contributed by atoms with Crippen molar-refractivity contribution >= 4 is 28.2 Å². The lowest BCUT2D eigenvalue weighted by atomic mass is 10.2. The average Bonchev–Trinajstić information content (AvgIpc) is 3.38. The number of nitrogens with zero attached hydrogens (tertiary/aromatic N) is 6. The lowest BCUT2D eigenvalue weighted by Crippen LogP contribution is -2.20. The molecule has 0 bridgehead atoms. The van der Waals surface area contributed by atoms with Gasteiger partial charge in [0.2, 0.25) is 0 Å². The monoisotopic (exact) mass is 370 g/mol. The van der Waals surface area contributed by atoms with Gasteiger partial charge in [0.25, 0.3) is 5.56 Å². The standard InChI is InChI=1S/C17H15ClN6O2/c1-22-16-15(24-8-11(20-21-24)13-6-3-7-26-13)19-9-23(16)12-5-2-4-10(18)14(12)17(22)25/h2,4-5,8-9,13H,3,6-7H2,1H3. The number of benzene rings is 1. The fraction of sp³-hybridized carbons (Fsp3) is 0.294. The van der Waals surface area contributed by atoms with E-state index < -0.39 is 0 Å². The van der Waals surface area contributed by atoms with Gasteiger partial charge in [-0.3, -0.25) is 13.8 Å². The summed E-state index contributed by atoms with van der Waals surface area (Å²) >= 11 is 6.25. The first-order valence-electron chi connectivity index (χ1n) is 8.33. The summed E-state index contributed by atoms with van der Waals surface area (Å²) in [6.07, 6.45) is 5.40. The van der Waals surface area contributed by atoms with Gasteiger partial charge in [-0.2, -0.15) is 4.68 Å². The van der Waals surface area contributed by atoms with E-state index in [4.69, 9.17) is 16.3 Å². The van der Waals surface area contributed by atoms with E-state index in [1.807, 2.05) is 22.7 Å². The van der Waals surface area contributed by atoms with Gasteiger partial charge >= 0.3 is 0 Å². The van der Waals surface area contributed by atoms with Crippen molar-refractivity contribution in [2.75, 3.05) is 6.61 Å². The van der Waals surface area contributed by atoms with Gasteiger partial charge in [0.15, 0.2) is 11.5 Å². The number of hydrogen-bond donors (Lipinski definition) is 0. The van der Waals surface area contributed by atoms with Gasteiger partial charge in [-0.15, -0.1) is 5.10 Å². The van der Waals surface area contributed by atoms with Crippen molar-refractivity contribution in [1.29, 1.82) is 0 Å². The Balaban J connectivity index is 1.75. The summed E-state index contributed by atoms with van der Waals surface area (Å²) < 4.78 is 10.6. The van der Waals surface area contributed by atoms with Crippen molar-refractivity contribution in [3.63, 3.8) is 0 Å². The number of aromatic nitrogens is 6. The molecule has 1 aliphatic rings. The molecule has 4 heterocycles. The second kappa shape index (κ2) is 5.65. The lowest BCUT2D eigenvalue weighted by molar-refractivity contribution is 0.108. The molecule has 0 spiro atoms. The third-order valence-corrected chi connectivity index (χ3v) is 5.11. The van der Waals surface area contributed by atoms with E-state index in [1.165, 1.54) is 4.57 Å². The minimum Gasteiger partial charge on any atom is -0.372 e. The molecule has 1 aromatic carbocycles. The van der Waals surface area contributed by atoms with Crippen LogP contribution in [0.25, 0.3) is 22.4 Å². The molecule has 0 saturated carbocycles. The summed E-state index contributed by atoms with van der Waals surface area (Å²) in [5.41, 5.74) is 1.92. The zero-order chi connectivity index (χ0) is 17.8. The Bertz CT molecular complexity index is 1200. The highest BCUT2D eigenvalue weighted by atomic mass is 35.5. The summed E-state index contributed by atoms with van der Waals surface area (Å²) in [4.78, 5) is 17.3. The van der Waals surface area contributed by atoms with Crippen molar-refractivity contribution in [3.05, 3.63) is 51.8 Å². The van der Waals surface area contributed by atoms with Crippen LogP contribution in [-0.4, -0.2) is 35.6 Å². The minimum atomic E-state index is -0.181. The molecule has 132 valence electrons. The first kappa shape index (κ1) is 15.5. The van der Waals surface area contributed by atoms with Gasteiger partial charge in [0.05, 0.1) is 22.1 Å². The van der Waals surface area contributed by atoms with Crippen LogP contribution < -0.4 is 5.56 Å². The SMILES string of the molecule is Cn1c(=O)c2c(Cl)cccc2n2cnc(-n3cc(C4CCCO4)nn3)c12. The number of imidazole rings is 1. The highest BCUT2D eigenvalue weighted by molar-refractivity contribution is 6.35. The maximum atomic E-state index is 12.8. The molecule has 0 N–H and O–H groups in total. The largest absolute Gasteiger partial charge is 0.372 e. The van der Waals surface area contributed by atoms with Crippen LogP contribution in [0, 0.1) is 0 Å². The molecule has 1 unspecified atom stereocenters. The maximum absolute atomic E-state index is 12.8. The summed E-state index contributed by atoms with van der Waals surface area (Å²) in [6, 6.07) is 5.37. The Hall–Kier alpha value is -2.71. The number of fused-ring (bicyclic) bond motifs is 3. The minimum absolute atomic E-state index is 0.0268. The highest BCUT2D eigenvalue weighted by Crippen LogP contribution is 2.28. The van der Waals surface area contributed by atoms with Gasteiger partial charge in [-0.25, -0.2) is 4.98 Å². The second-order valence-electron chi connectivity index (χ2n) is 6.35. The van der Waals surface area contributed by atoms with Crippen LogP contribution in [0.5, 0.6) is 0 Å². The quantitative estimate of drug-likeness (QED) is 0.541. The van der Waals surface area contributed by atoms with E-state index in [9.17, 15) is 4.79 Å². The van der Waals surface area contributed by atoms with E-state index in [0.717, 1.165) is 25.1 Å². The van der Waals surface area contributed by atoms with E-state index in [0.29, 0.717) is 27.4 Å². The molecule has 8 nitrogen and oxygen atoms in total. The molecule has 0 aliphatic carbocycles. The van der Waals surface area contributed by atoms with Gasteiger partial charge in [-0.05, 0) is 25.0 Å². The van der Waals surface area contributed by atoms with Crippen molar-refractivity contribution in [2.45, 2.75) is 18.9 Å². The smallest absolute Gasteiger partial charge is 0.262 e. The van der Waals surface area contributed by atoms with Crippen LogP contribution >= 0.6 is 11.6 Å². The zero-order valence-corrected chi connectivity index (χ0v) is 14.7. The van der Waals surface area contributed by atoms with Gasteiger partial charge in [0, 0.05) is 13.7 Å². The first-order valence-corrected chi connectivity index (χ1v) is 8.71. The Labute approximate surface area is 152 Å². The van der Waals surface area contributed by atoms with Gasteiger partial charge in [-0.1, -0.05) is 22.9 Å². The van der Waals surface area contributed by atoms with Crippen LogP contribution in [0.4, 0.5) is 0 Å². The number of hydrogen-bond acceptors (Lipinski definition) is 5. The molecule has 1 aliphatic heterocycles. The van der Waals surface area contributed by atoms with E-state index in [1.54, 1.807) is 24.1 Å². The molecule has 1 atom stereocenters. The van der Waals surface area contributed by atoms with E-state index in [-0.39, 0.29) is 11.7 Å². The number of aryl methyl sites for hydroxylation is 1. The van der Waals surface area contributed by atoms with Crippen molar-refractivity contribution in [2.24, 2.45) is 7.05 Å². The third-order valence-electron chi connectivity index (χ3n) is 4.80. The topological polar surface area (TPSA) is 79.2 Å². The van der Waals surface area contributed by atoms with Crippen LogP contribution in [0.2, 0.25) is 5.02 Å². The fourth-order valence-corrected chi connectivity index (χ4v) is 3.76. The molecule has 0 radical (unpaired) electrons. The summed E-state index contributed by atoms with van der Waals surface area (Å²) in [7, 11) is 1.70. The van der Waals surface area contributed by atoms with E-state index in [2.05, 4.69) is 15.3 Å². The van der Waals surface area contributed by atoms with Gasteiger partial charge < -0.3 is 4.74 Å². The summed E-state index contributed by atoms with van der Waals surface area (Å²) in [5.74, 6) is 0.531. The van der Waals surface area contributed by atoms with Crippen molar-refractivity contribution in [3.8, 4) is 5.82 Å². The normalized spacial score (nSPS) is 17.5. The molecule has 9 heteroatoms. The number of ether oxygens (including phenoxy) is 1. The Morgan fingerprint density at radius 1 is 1.35 bits per heavy atom. The summed E-state index contributed by atoms with van der Waals surface area (Å²) in [6.45, 7) is 0.742. The maximum Gasteiger partial charge on any atom is 0.262 e. The molecule has 1 saturated heterocycles. The van der Waals surface area contributed by atoms with Gasteiger partial charge in [0.1, 0.15) is 18.1 Å². The molecule has 5 rings (SSSR count). The Morgan fingerprint density at radius 3 is 3.04 bits per heavy atom. The van der Waals surface area contributed by atoms with Crippen molar-refractivity contribution in [1.82, 2.24) is 28.9 Å². The Kier molecular flexibility index (Phi) is 3.38. The molecule has 3 aromatic heterocycles. The predicted octanol–water partition coefficient (Wildman–Crippen LogP) is 2.27. The first-order chi connectivity index (χ1) is 12.6. The number of halogens is 1. The fourth-order valence-electron chi connectivity index (χ4n) is 3.51. The zero-order valence-electron chi connectivity index (χ0n) is 14.0. The van der Waals surface area contributed by atoms with E-state index >= 15 is 0 Å². The molecule has 4 aromatic rings. The second-order valence-corrected chi connectivity index (χ2v) is 6.76. The lowest BCUT2D eigenvalue weighted by Gasteiger charge is -2.09. The molecular weight excluding hydrogens is 356 g/mol. The van der Waals surface area contributed by atoms with Crippen LogP contribution in [0.1, 0.15) is 24.6 Å². The molecule has 0 amide bonds. The Morgan fingerprint density at radius 2 is 2.23 bits per heavy atom. The number of rotatable bonds is 2. The third kappa shape index (κ3) is 2.12. The van der Waals surface area contributed by atoms with Crippen LogP contribution in [-0.2, 0) is 11.8 Å². The van der Waals surface area contributed by atoms with Crippen LogP contribution in [0.15, 0.2) is 35.5 Å². The van der Waals surface area contributed by atoms with Crippen molar-refractivity contribution < 1.29 is 4.74 Å². The predicted molar refractivity (Wildman–Crippen MR) is 95.8 cm³/mol. The van der Waals surface area contributed by atoms with Crippen LogP contribution in [0.3, 0.4) is 0 Å². The highest BCUT2D eigenvalue weighted by Gasteiger charge is 2.23. The molecular formula is C17H15ClN6O2. The molecule has 26 heavy (non-hydrogen) atoms. The average molecular weight is 371 g/mol. The summed E-state index contributed by atoms with van der Waals surface area (Å²) in [5, 5.41) is 9.29.